The molecule has 3 fully saturated rings. The standard InChI is InChI=1S/C36H47N5O9S/c1-5-24-19-36(24,32(44)39-51(47,48)26-13-14-26)38-30(42)28-18-25-20-41(28)31(43)29(35(2,3)4)37-33(45)49-17-8-6-7-10-22-11-9-12-23-15-16-40(21-27(22)23)34(46)50-25/h5,7,9-12,24-26,28-29H,1,6,8,13-21H2,2-4H3,(H,37,45)(H,38,42)(H,39,44)/b10-7+/t24-,25-,28+,29-,36-/m1/s1. The average Bonchev–Trinajstić information content (AvgIpc) is 4.00. The molecule has 4 bridgehead atoms. The van der Waals surface area contributed by atoms with Crippen LogP contribution in [0, 0.1) is 11.3 Å². The van der Waals surface area contributed by atoms with Crippen LogP contribution in [0.2, 0.25) is 0 Å². The van der Waals surface area contributed by atoms with Crippen LogP contribution in [-0.2, 0) is 46.8 Å². The molecule has 0 radical (unpaired) electrons. The Balaban J connectivity index is 1.28. The number of benzene rings is 1. The van der Waals surface area contributed by atoms with E-state index in [0.29, 0.717) is 45.2 Å². The molecule has 51 heavy (non-hydrogen) atoms. The second-order valence-corrected chi connectivity index (χ2v) is 17.2. The summed E-state index contributed by atoms with van der Waals surface area (Å²) in [4.78, 5) is 71.3. The summed E-state index contributed by atoms with van der Waals surface area (Å²) in [6, 6.07) is 3.66. The first-order chi connectivity index (χ1) is 24.1. The molecule has 5 amide bonds. The first kappa shape index (κ1) is 36.4. The Bertz CT molecular complexity index is 1750. The Hall–Kier alpha value is -4.40. The lowest BCUT2D eigenvalue weighted by molar-refractivity contribution is -0.142. The summed E-state index contributed by atoms with van der Waals surface area (Å²) in [6.45, 7) is 9.76. The number of ether oxygens (including phenoxy) is 2. The molecule has 3 heterocycles. The van der Waals surface area contributed by atoms with Crippen molar-refractivity contribution in [3.63, 3.8) is 0 Å². The topological polar surface area (TPSA) is 181 Å². The minimum absolute atomic E-state index is 0.0835. The van der Waals surface area contributed by atoms with Gasteiger partial charge in [-0.2, -0.15) is 0 Å². The second-order valence-electron chi connectivity index (χ2n) is 15.2. The monoisotopic (exact) mass is 725 g/mol. The average molecular weight is 726 g/mol. The van der Waals surface area contributed by atoms with E-state index >= 15 is 0 Å². The van der Waals surface area contributed by atoms with E-state index in [0.717, 1.165) is 16.7 Å². The molecule has 14 nitrogen and oxygen atoms in total. The maximum atomic E-state index is 14.3. The number of amides is 5. The van der Waals surface area contributed by atoms with Crippen LogP contribution >= 0.6 is 0 Å². The third-order valence-corrected chi connectivity index (χ3v) is 12.2. The molecule has 6 rings (SSSR count). The molecule has 0 spiro atoms. The molecule has 0 unspecified atom stereocenters. The smallest absolute Gasteiger partial charge is 0.410 e. The molecule has 0 aromatic heterocycles. The summed E-state index contributed by atoms with van der Waals surface area (Å²) in [6.07, 6.45) is 5.97. The van der Waals surface area contributed by atoms with Crippen LogP contribution in [0.25, 0.3) is 6.08 Å². The van der Waals surface area contributed by atoms with Crippen molar-refractivity contribution in [2.75, 3.05) is 19.7 Å². The van der Waals surface area contributed by atoms with E-state index in [9.17, 15) is 32.4 Å². The summed E-state index contributed by atoms with van der Waals surface area (Å²) in [5.74, 6) is -2.72. The Morgan fingerprint density at radius 1 is 1.16 bits per heavy atom. The molecule has 15 heteroatoms. The van der Waals surface area contributed by atoms with Crippen molar-refractivity contribution >= 4 is 46.0 Å². The number of cyclic esters (lactones) is 1. The van der Waals surface area contributed by atoms with Gasteiger partial charge in [-0.3, -0.25) is 19.1 Å². The van der Waals surface area contributed by atoms with Gasteiger partial charge in [-0.15, -0.1) is 6.58 Å². The summed E-state index contributed by atoms with van der Waals surface area (Å²) in [5.41, 5.74) is 0.717. The maximum Gasteiger partial charge on any atom is 0.410 e. The highest BCUT2D eigenvalue weighted by atomic mass is 32.2. The van der Waals surface area contributed by atoms with Crippen molar-refractivity contribution in [3.05, 3.63) is 53.6 Å². The lowest BCUT2D eigenvalue weighted by Crippen LogP contribution is -2.60. The van der Waals surface area contributed by atoms with Crippen LogP contribution in [0.5, 0.6) is 0 Å². The molecular weight excluding hydrogens is 678 g/mol. The third-order valence-electron chi connectivity index (χ3n) is 10.4. The number of hydrogen-bond acceptors (Lipinski definition) is 9. The highest BCUT2D eigenvalue weighted by molar-refractivity contribution is 7.91. The largest absolute Gasteiger partial charge is 0.450 e. The summed E-state index contributed by atoms with van der Waals surface area (Å²) in [5, 5.41) is 4.77. The lowest BCUT2D eigenvalue weighted by Gasteiger charge is -2.35. The molecule has 1 aromatic carbocycles. The van der Waals surface area contributed by atoms with E-state index in [4.69, 9.17) is 9.47 Å². The van der Waals surface area contributed by atoms with Gasteiger partial charge in [0.15, 0.2) is 0 Å². The van der Waals surface area contributed by atoms with Crippen LogP contribution < -0.4 is 15.4 Å². The minimum Gasteiger partial charge on any atom is -0.450 e. The van der Waals surface area contributed by atoms with Crippen molar-refractivity contribution in [1.29, 1.82) is 0 Å². The number of alkyl carbamates (subject to hydrolysis) is 1. The molecule has 3 N–H and O–H groups in total. The number of carbonyl (C=O) groups excluding carboxylic acids is 5. The van der Waals surface area contributed by atoms with E-state index in [2.05, 4.69) is 21.9 Å². The number of fused-ring (bicyclic) bond motifs is 3. The number of sulfonamides is 1. The lowest BCUT2D eigenvalue weighted by atomic mass is 9.85. The van der Waals surface area contributed by atoms with E-state index in [1.807, 2.05) is 30.4 Å². The predicted octanol–water partition coefficient (Wildman–Crippen LogP) is 2.77. The predicted molar refractivity (Wildman–Crippen MR) is 186 cm³/mol. The van der Waals surface area contributed by atoms with Crippen LogP contribution in [0.3, 0.4) is 0 Å². The van der Waals surface area contributed by atoms with Gasteiger partial charge in [0.25, 0.3) is 5.91 Å². The van der Waals surface area contributed by atoms with Gasteiger partial charge in [-0.1, -0.05) is 57.2 Å². The molecule has 276 valence electrons. The Kier molecular flexibility index (Phi) is 9.96. The maximum absolute atomic E-state index is 14.3. The zero-order valence-corrected chi connectivity index (χ0v) is 30.1. The quantitative estimate of drug-likeness (QED) is 0.372. The molecule has 5 atom stereocenters. The van der Waals surface area contributed by atoms with Gasteiger partial charge >= 0.3 is 12.2 Å². The van der Waals surface area contributed by atoms with Crippen LogP contribution in [0.4, 0.5) is 9.59 Å². The number of nitrogens with one attached hydrogen (secondary N) is 3. The van der Waals surface area contributed by atoms with Crippen molar-refractivity contribution < 1.29 is 41.9 Å². The molecule has 3 aliphatic heterocycles. The van der Waals surface area contributed by atoms with E-state index in [1.165, 1.54) is 11.0 Å². The van der Waals surface area contributed by atoms with Crippen LogP contribution in [0.15, 0.2) is 36.9 Å². The fourth-order valence-corrected chi connectivity index (χ4v) is 8.44. The highest BCUT2D eigenvalue weighted by Gasteiger charge is 2.62. The molecule has 1 saturated heterocycles. The Morgan fingerprint density at radius 3 is 2.61 bits per heavy atom. The Labute approximate surface area is 298 Å². The van der Waals surface area contributed by atoms with Gasteiger partial charge in [-0.05, 0) is 60.6 Å². The van der Waals surface area contributed by atoms with Gasteiger partial charge in [-0.25, -0.2) is 18.0 Å². The van der Waals surface area contributed by atoms with Gasteiger partial charge < -0.3 is 29.9 Å². The number of carbonyl (C=O) groups is 5. The minimum atomic E-state index is -3.91. The first-order valence-electron chi connectivity index (χ1n) is 17.6. The second kappa shape index (κ2) is 14.0. The zero-order valence-electron chi connectivity index (χ0n) is 29.3. The van der Waals surface area contributed by atoms with Gasteiger partial charge in [0, 0.05) is 25.4 Å². The highest BCUT2D eigenvalue weighted by Crippen LogP contribution is 2.45. The summed E-state index contributed by atoms with van der Waals surface area (Å²) in [7, 11) is -3.91. The molecule has 2 saturated carbocycles. The van der Waals surface area contributed by atoms with Crippen molar-refractivity contribution in [2.45, 2.75) is 101 Å². The fraction of sp³-hybridized carbons (Fsp3) is 0.583. The fourth-order valence-electron chi connectivity index (χ4n) is 7.08. The van der Waals surface area contributed by atoms with Crippen LogP contribution in [0.1, 0.15) is 76.0 Å². The number of hydrogen-bond donors (Lipinski definition) is 3. The Morgan fingerprint density at radius 2 is 1.92 bits per heavy atom. The third kappa shape index (κ3) is 7.77. The summed E-state index contributed by atoms with van der Waals surface area (Å²) < 4.78 is 38.8. The molecule has 1 aromatic rings. The van der Waals surface area contributed by atoms with Gasteiger partial charge in [0.2, 0.25) is 21.8 Å². The number of nitrogens with zero attached hydrogens (tertiary/aromatic N) is 2. The normalized spacial score (nSPS) is 29.3. The zero-order chi connectivity index (χ0) is 36.7. The number of allylic oxidation sites excluding steroid dienone is 1. The van der Waals surface area contributed by atoms with E-state index in [1.54, 1.807) is 25.7 Å². The summed E-state index contributed by atoms with van der Waals surface area (Å²) >= 11 is 0. The van der Waals surface area contributed by atoms with Crippen molar-refractivity contribution in [3.8, 4) is 0 Å². The van der Waals surface area contributed by atoms with Crippen LogP contribution in [-0.4, -0.2) is 96.8 Å². The SMILES string of the molecule is C=C[C@@H]1C[C@]1(NC(=O)[C@@H]1C[C@@H]2CN1C(=O)[C@H](C(C)(C)C)NC(=O)OCCC/C=C/c1cccc3c1CN(CC3)C(=O)O2)C(=O)NS(=O)(=O)C1CC1. The molecule has 2 aliphatic carbocycles. The molecule has 5 aliphatic rings. The van der Waals surface area contributed by atoms with Crippen molar-refractivity contribution in [1.82, 2.24) is 25.2 Å². The first-order valence-corrected chi connectivity index (χ1v) is 19.1. The van der Waals surface area contributed by atoms with E-state index in [-0.39, 0.29) is 26.0 Å². The van der Waals surface area contributed by atoms with Gasteiger partial charge in [0.05, 0.1) is 18.4 Å². The van der Waals surface area contributed by atoms with Gasteiger partial charge in [0.1, 0.15) is 23.7 Å². The molecular formula is C36H47N5O9S. The van der Waals surface area contributed by atoms with Crippen molar-refractivity contribution in [2.24, 2.45) is 11.3 Å². The van der Waals surface area contributed by atoms with E-state index < -0.39 is 80.2 Å². The number of rotatable bonds is 6.